The summed E-state index contributed by atoms with van der Waals surface area (Å²) in [5.41, 5.74) is 9.68. The lowest BCUT2D eigenvalue weighted by molar-refractivity contribution is -0.130. The number of fused-ring (bicyclic) bond motifs is 2. The molecule has 0 atom stereocenters. The molecule has 160 valence electrons. The van der Waals surface area contributed by atoms with Crippen LogP contribution in [0.2, 0.25) is 0 Å². The number of aliphatic hydroxyl groups is 1. The molecule has 1 aromatic heterocycles. The van der Waals surface area contributed by atoms with E-state index >= 15 is 0 Å². The third-order valence-electron chi connectivity index (χ3n) is 5.57. The minimum absolute atomic E-state index is 0.0384. The van der Waals surface area contributed by atoms with Gasteiger partial charge < -0.3 is 20.6 Å². The molecule has 0 fully saturated rings. The summed E-state index contributed by atoms with van der Waals surface area (Å²) >= 11 is 0. The van der Waals surface area contributed by atoms with Crippen molar-refractivity contribution in [2.24, 2.45) is 0 Å². The summed E-state index contributed by atoms with van der Waals surface area (Å²) in [6.07, 6.45) is 0.164. The Morgan fingerprint density at radius 1 is 1.13 bits per heavy atom. The maximum absolute atomic E-state index is 13.3. The van der Waals surface area contributed by atoms with Gasteiger partial charge in [-0.25, -0.2) is 9.97 Å². The van der Waals surface area contributed by atoms with Gasteiger partial charge in [0.25, 0.3) is 5.91 Å². The predicted molar refractivity (Wildman–Crippen MR) is 117 cm³/mol. The first-order valence-electron chi connectivity index (χ1n) is 10.3. The van der Waals surface area contributed by atoms with Crippen LogP contribution in [0, 0.1) is 0 Å². The topological polar surface area (TPSA) is 113 Å². The van der Waals surface area contributed by atoms with E-state index in [4.69, 9.17) is 10.8 Å². The zero-order chi connectivity index (χ0) is 22.0. The van der Waals surface area contributed by atoms with E-state index < -0.39 is 0 Å². The fraction of sp³-hybridized carbons (Fsp3) is 0.304. The number of nitrogens with two attached hydrogens (primary N) is 1. The van der Waals surface area contributed by atoms with Gasteiger partial charge in [-0.05, 0) is 35.7 Å². The number of anilines is 1. The van der Waals surface area contributed by atoms with Crippen LogP contribution in [0.25, 0.3) is 10.9 Å². The number of aromatic nitrogens is 2. The number of likely N-dealkylation sites (N-methyl/N-ethyl adjacent to an activating group) is 1. The van der Waals surface area contributed by atoms with Crippen molar-refractivity contribution in [3.63, 3.8) is 0 Å². The Bertz CT molecular complexity index is 1120. The van der Waals surface area contributed by atoms with E-state index in [0.29, 0.717) is 37.1 Å². The van der Waals surface area contributed by atoms with Crippen LogP contribution in [-0.4, -0.2) is 56.4 Å². The highest BCUT2D eigenvalue weighted by molar-refractivity contribution is 6.05. The van der Waals surface area contributed by atoms with Gasteiger partial charge in [0.15, 0.2) is 0 Å². The Balaban J connectivity index is 1.65. The normalized spacial score (nSPS) is 12.8. The molecule has 2 amide bonds. The first-order valence-corrected chi connectivity index (χ1v) is 10.3. The summed E-state index contributed by atoms with van der Waals surface area (Å²) in [6, 6.07) is 13.3. The van der Waals surface area contributed by atoms with E-state index in [2.05, 4.69) is 9.97 Å². The number of aliphatic hydroxyl groups excluding tert-OH is 1. The van der Waals surface area contributed by atoms with E-state index in [0.717, 1.165) is 16.7 Å². The maximum atomic E-state index is 13.3. The third-order valence-corrected chi connectivity index (χ3v) is 5.57. The summed E-state index contributed by atoms with van der Waals surface area (Å²) in [6.45, 7) is 3.64. The Morgan fingerprint density at radius 3 is 2.48 bits per heavy atom. The second kappa shape index (κ2) is 8.69. The average Bonchev–Trinajstić information content (AvgIpc) is 3.21. The molecule has 0 radical (unpaired) electrons. The Morgan fingerprint density at radius 2 is 1.84 bits per heavy atom. The molecule has 3 N–H and O–H groups in total. The predicted octanol–water partition coefficient (Wildman–Crippen LogP) is 1.75. The fourth-order valence-corrected chi connectivity index (χ4v) is 3.96. The Hall–Kier alpha value is -3.52. The minimum atomic E-state index is -0.214. The van der Waals surface area contributed by atoms with Gasteiger partial charge >= 0.3 is 0 Å². The molecule has 2 aromatic carbocycles. The van der Waals surface area contributed by atoms with E-state index in [1.807, 2.05) is 31.2 Å². The van der Waals surface area contributed by atoms with Gasteiger partial charge in [0.1, 0.15) is 5.69 Å². The second-order valence-electron chi connectivity index (χ2n) is 7.59. The zero-order valence-corrected chi connectivity index (χ0v) is 17.4. The molecule has 0 saturated carbocycles. The van der Waals surface area contributed by atoms with Gasteiger partial charge in [-0.2, -0.15) is 0 Å². The van der Waals surface area contributed by atoms with Crippen molar-refractivity contribution >= 4 is 28.7 Å². The minimum Gasteiger partial charge on any atom is -0.395 e. The third kappa shape index (κ3) is 4.20. The van der Waals surface area contributed by atoms with Crippen molar-refractivity contribution < 1.29 is 14.7 Å². The molecule has 2 heterocycles. The van der Waals surface area contributed by atoms with Gasteiger partial charge in [0.2, 0.25) is 11.9 Å². The van der Waals surface area contributed by atoms with E-state index in [1.54, 1.807) is 28.0 Å². The molecular weight excluding hydrogens is 394 g/mol. The van der Waals surface area contributed by atoms with Gasteiger partial charge in [-0.1, -0.05) is 30.3 Å². The highest BCUT2D eigenvalue weighted by Crippen LogP contribution is 2.26. The van der Waals surface area contributed by atoms with E-state index in [9.17, 15) is 9.59 Å². The number of rotatable bonds is 6. The van der Waals surface area contributed by atoms with Crippen LogP contribution in [-0.2, 0) is 24.3 Å². The number of carbonyl (C=O) groups is 2. The van der Waals surface area contributed by atoms with Gasteiger partial charge in [-0.15, -0.1) is 0 Å². The summed E-state index contributed by atoms with van der Waals surface area (Å²) in [5.74, 6) is -0.263. The standard InChI is InChI=1S/C23H25N5O3/c1-2-27(9-10-29)20(30)12-15-7-8-19-18(11-15)21(26-23(24)25-19)22(31)28-13-16-5-3-4-6-17(16)14-28/h3-8,11,29H,2,9-10,12-14H2,1H3,(H2,24,25,26). The van der Waals surface area contributed by atoms with Crippen LogP contribution in [0.15, 0.2) is 42.5 Å². The summed E-state index contributed by atoms with van der Waals surface area (Å²) in [7, 11) is 0. The molecule has 0 unspecified atom stereocenters. The van der Waals surface area contributed by atoms with Crippen LogP contribution in [0.5, 0.6) is 0 Å². The Labute approximate surface area is 180 Å². The van der Waals surface area contributed by atoms with Gasteiger partial charge in [0, 0.05) is 31.6 Å². The number of hydrogen-bond acceptors (Lipinski definition) is 6. The van der Waals surface area contributed by atoms with Gasteiger partial charge in [0.05, 0.1) is 18.5 Å². The smallest absolute Gasteiger partial charge is 0.273 e. The lowest BCUT2D eigenvalue weighted by Crippen LogP contribution is -2.34. The first kappa shape index (κ1) is 20.7. The van der Waals surface area contributed by atoms with Crippen molar-refractivity contribution in [3.05, 3.63) is 64.8 Å². The number of hydrogen-bond donors (Lipinski definition) is 2. The molecule has 0 saturated heterocycles. The summed E-state index contributed by atoms with van der Waals surface area (Å²) in [4.78, 5) is 37.7. The van der Waals surface area contributed by atoms with Crippen molar-refractivity contribution in [3.8, 4) is 0 Å². The highest BCUT2D eigenvalue weighted by atomic mass is 16.3. The molecule has 3 aromatic rings. The van der Waals surface area contributed by atoms with Crippen molar-refractivity contribution in [1.82, 2.24) is 19.8 Å². The summed E-state index contributed by atoms with van der Waals surface area (Å²) < 4.78 is 0. The lowest BCUT2D eigenvalue weighted by atomic mass is 10.1. The summed E-state index contributed by atoms with van der Waals surface area (Å²) in [5, 5.41) is 9.73. The molecular formula is C23H25N5O3. The number of nitrogens with zero attached hydrogens (tertiary/aromatic N) is 4. The molecule has 4 rings (SSSR count). The van der Waals surface area contributed by atoms with Crippen LogP contribution < -0.4 is 5.73 Å². The molecule has 31 heavy (non-hydrogen) atoms. The monoisotopic (exact) mass is 419 g/mol. The largest absolute Gasteiger partial charge is 0.395 e. The zero-order valence-electron chi connectivity index (χ0n) is 17.4. The van der Waals surface area contributed by atoms with Crippen LogP contribution in [0.3, 0.4) is 0 Å². The van der Waals surface area contributed by atoms with Gasteiger partial charge in [-0.3, -0.25) is 9.59 Å². The molecule has 8 heteroatoms. The second-order valence-corrected chi connectivity index (χ2v) is 7.59. The molecule has 0 spiro atoms. The van der Waals surface area contributed by atoms with E-state index in [-0.39, 0.29) is 36.5 Å². The Kier molecular flexibility index (Phi) is 5.81. The molecule has 0 bridgehead atoms. The molecule has 8 nitrogen and oxygen atoms in total. The molecule has 0 aliphatic carbocycles. The SMILES string of the molecule is CCN(CCO)C(=O)Cc1ccc2nc(N)nc(C(=O)N3Cc4ccccc4C3)c2c1. The number of carbonyl (C=O) groups excluding carboxylic acids is 2. The highest BCUT2D eigenvalue weighted by Gasteiger charge is 2.27. The van der Waals surface area contributed by atoms with Crippen molar-refractivity contribution in [2.75, 3.05) is 25.4 Å². The van der Waals surface area contributed by atoms with E-state index in [1.165, 1.54) is 0 Å². The molecule has 1 aliphatic heterocycles. The van der Waals surface area contributed by atoms with Crippen LogP contribution in [0.1, 0.15) is 34.1 Å². The van der Waals surface area contributed by atoms with Crippen LogP contribution >= 0.6 is 0 Å². The van der Waals surface area contributed by atoms with Crippen molar-refractivity contribution in [1.29, 1.82) is 0 Å². The number of benzene rings is 2. The molecule has 1 aliphatic rings. The first-order chi connectivity index (χ1) is 15.0. The van der Waals surface area contributed by atoms with Crippen molar-refractivity contribution in [2.45, 2.75) is 26.4 Å². The average molecular weight is 419 g/mol. The maximum Gasteiger partial charge on any atom is 0.273 e. The number of nitrogen functional groups attached to an aromatic ring is 1. The fourth-order valence-electron chi connectivity index (χ4n) is 3.96. The quantitative estimate of drug-likeness (QED) is 0.629. The lowest BCUT2D eigenvalue weighted by Gasteiger charge is -2.20. The number of amides is 2. The van der Waals surface area contributed by atoms with Crippen LogP contribution in [0.4, 0.5) is 5.95 Å².